The summed E-state index contributed by atoms with van der Waals surface area (Å²) in [5.41, 5.74) is 0.410. The molecule has 29 heavy (non-hydrogen) atoms. The molecule has 0 aliphatic heterocycles. The number of amides is 1. The number of alkyl halides is 2. The standard InChI is InChI=1S/C18H10F2N4O3S2/c19-17(20)28-13-4-5-14-15(8-13)29-18(22-14)23-16(25)11(9-21)6-10-2-1-3-12(7-10)24(26)27/h1-8,17H,(H,22,23,25)/b11-6-. The fourth-order valence-electron chi connectivity index (χ4n) is 2.34. The van der Waals surface area contributed by atoms with Crippen LogP contribution in [0.3, 0.4) is 0 Å². The summed E-state index contributed by atoms with van der Waals surface area (Å²) in [5.74, 6) is -3.28. The fraction of sp³-hybridized carbons (Fsp3) is 0.0556. The third-order valence-electron chi connectivity index (χ3n) is 3.56. The summed E-state index contributed by atoms with van der Waals surface area (Å²) in [6, 6.07) is 11.9. The molecule has 3 aromatic rings. The Morgan fingerprint density at radius 1 is 1.34 bits per heavy atom. The van der Waals surface area contributed by atoms with Crippen molar-refractivity contribution in [2.24, 2.45) is 0 Å². The number of fused-ring (bicyclic) bond motifs is 1. The number of rotatable bonds is 6. The predicted molar refractivity (Wildman–Crippen MR) is 107 cm³/mol. The third kappa shape index (κ3) is 5.13. The summed E-state index contributed by atoms with van der Waals surface area (Å²) >= 11 is 1.49. The van der Waals surface area contributed by atoms with Gasteiger partial charge in [0, 0.05) is 17.0 Å². The first-order chi connectivity index (χ1) is 13.9. The maximum atomic E-state index is 12.5. The van der Waals surface area contributed by atoms with E-state index in [2.05, 4.69) is 10.3 Å². The van der Waals surface area contributed by atoms with E-state index in [0.29, 0.717) is 32.4 Å². The van der Waals surface area contributed by atoms with E-state index in [4.69, 9.17) is 0 Å². The van der Waals surface area contributed by atoms with Gasteiger partial charge in [-0.1, -0.05) is 35.2 Å². The van der Waals surface area contributed by atoms with Gasteiger partial charge in [0.15, 0.2) is 5.13 Å². The van der Waals surface area contributed by atoms with Crippen molar-refractivity contribution in [3.05, 3.63) is 63.7 Å². The molecule has 1 aromatic heterocycles. The fourth-order valence-corrected chi connectivity index (χ4v) is 3.86. The van der Waals surface area contributed by atoms with E-state index in [-0.39, 0.29) is 16.4 Å². The van der Waals surface area contributed by atoms with Crippen LogP contribution in [0.15, 0.2) is 52.9 Å². The molecule has 1 amide bonds. The lowest BCUT2D eigenvalue weighted by molar-refractivity contribution is -0.384. The summed E-state index contributed by atoms with van der Waals surface area (Å²) in [5, 5.41) is 22.8. The van der Waals surface area contributed by atoms with E-state index >= 15 is 0 Å². The first-order valence-electron chi connectivity index (χ1n) is 7.88. The number of benzene rings is 2. The van der Waals surface area contributed by atoms with Gasteiger partial charge in [0.05, 0.1) is 15.1 Å². The molecule has 0 saturated carbocycles. The Hall–Kier alpha value is -3.36. The normalized spacial score (nSPS) is 11.4. The summed E-state index contributed by atoms with van der Waals surface area (Å²) < 4.78 is 25.6. The highest BCUT2D eigenvalue weighted by atomic mass is 32.2. The van der Waals surface area contributed by atoms with Crippen LogP contribution in [-0.4, -0.2) is 21.6 Å². The summed E-state index contributed by atoms with van der Waals surface area (Å²) in [6.07, 6.45) is 1.23. The van der Waals surface area contributed by atoms with Crippen molar-refractivity contribution in [1.82, 2.24) is 4.98 Å². The molecule has 11 heteroatoms. The molecule has 0 bridgehead atoms. The lowest BCUT2D eigenvalue weighted by Crippen LogP contribution is -2.13. The van der Waals surface area contributed by atoms with E-state index in [1.54, 1.807) is 18.2 Å². The molecule has 0 unspecified atom stereocenters. The molecule has 1 N–H and O–H groups in total. The number of nitrogens with zero attached hydrogens (tertiary/aromatic N) is 3. The number of nitrogens with one attached hydrogen (secondary N) is 1. The number of hydrogen-bond donors (Lipinski definition) is 1. The molecule has 0 aliphatic rings. The number of carbonyl (C=O) groups is 1. The Bertz CT molecular complexity index is 1170. The van der Waals surface area contributed by atoms with Gasteiger partial charge in [-0.15, -0.1) is 0 Å². The summed E-state index contributed by atoms with van der Waals surface area (Å²) in [6.45, 7) is 0. The molecule has 0 saturated heterocycles. The monoisotopic (exact) mass is 432 g/mol. The first kappa shape index (κ1) is 20.4. The molecule has 146 valence electrons. The lowest BCUT2D eigenvalue weighted by atomic mass is 10.1. The SMILES string of the molecule is N#C/C(=C/c1cccc([N+](=O)[O-])c1)C(=O)Nc1nc2ccc(SC(F)F)cc2s1. The van der Waals surface area contributed by atoms with Crippen molar-refractivity contribution in [1.29, 1.82) is 5.26 Å². The van der Waals surface area contributed by atoms with E-state index in [1.807, 2.05) is 0 Å². The van der Waals surface area contributed by atoms with Gasteiger partial charge in [-0.05, 0) is 29.8 Å². The number of nitro groups is 1. The number of hydrogen-bond acceptors (Lipinski definition) is 7. The zero-order chi connectivity index (χ0) is 21.0. The van der Waals surface area contributed by atoms with Gasteiger partial charge >= 0.3 is 0 Å². The molecule has 7 nitrogen and oxygen atoms in total. The zero-order valence-corrected chi connectivity index (χ0v) is 16.0. The van der Waals surface area contributed by atoms with Crippen LogP contribution in [0.2, 0.25) is 0 Å². The van der Waals surface area contributed by atoms with Gasteiger partial charge < -0.3 is 0 Å². The maximum Gasteiger partial charge on any atom is 0.288 e. The van der Waals surface area contributed by atoms with Crippen LogP contribution in [-0.2, 0) is 4.79 Å². The lowest BCUT2D eigenvalue weighted by Gasteiger charge is -2.00. The molecule has 1 heterocycles. The molecular formula is C18H10F2N4O3S2. The average molecular weight is 432 g/mol. The van der Waals surface area contributed by atoms with Crippen molar-refractivity contribution < 1.29 is 18.5 Å². The van der Waals surface area contributed by atoms with Gasteiger partial charge in [0.2, 0.25) is 0 Å². The molecule has 0 aliphatic carbocycles. The number of anilines is 1. The van der Waals surface area contributed by atoms with Crippen LogP contribution in [0.4, 0.5) is 19.6 Å². The largest absolute Gasteiger partial charge is 0.297 e. The van der Waals surface area contributed by atoms with E-state index in [1.165, 1.54) is 36.4 Å². The predicted octanol–water partition coefficient (Wildman–Crippen LogP) is 5.06. The molecule has 3 rings (SSSR count). The maximum absolute atomic E-state index is 12.5. The smallest absolute Gasteiger partial charge is 0.288 e. The number of nitro benzene ring substituents is 1. The Morgan fingerprint density at radius 3 is 2.83 bits per heavy atom. The molecular weight excluding hydrogens is 422 g/mol. The summed E-state index contributed by atoms with van der Waals surface area (Å²) in [4.78, 5) is 27.2. The van der Waals surface area contributed by atoms with Gasteiger partial charge in [-0.25, -0.2) is 4.98 Å². The van der Waals surface area contributed by atoms with Gasteiger partial charge in [-0.3, -0.25) is 20.2 Å². The average Bonchev–Trinajstić information content (AvgIpc) is 3.07. The van der Waals surface area contributed by atoms with Crippen molar-refractivity contribution in [3.8, 4) is 6.07 Å². The van der Waals surface area contributed by atoms with E-state index in [0.717, 1.165) is 11.3 Å². The topological polar surface area (TPSA) is 109 Å². The molecule has 2 aromatic carbocycles. The first-order valence-corrected chi connectivity index (χ1v) is 9.58. The quantitative estimate of drug-likeness (QED) is 0.192. The molecule has 0 fully saturated rings. The number of non-ortho nitro benzene ring substituents is 1. The number of aromatic nitrogens is 1. The van der Waals surface area contributed by atoms with Crippen molar-refractivity contribution >= 4 is 56.1 Å². The van der Waals surface area contributed by atoms with Crippen molar-refractivity contribution in [2.45, 2.75) is 10.7 Å². The highest BCUT2D eigenvalue weighted by Gasteiger charge is 2.14. The third-order valence-corrected chi connectivity index (χ3v) is 5.20. The number of nitriles is 1. The second-order valence-electron chi connectivity index (χ2n) is 5.50. The Morgan fingerprint density at radius 2 is 2.14 bits per heavy atom. The van der Waals surface area contributed by atoms with E-state index in [9.17, 15) is 29.0 Å². The Kier molecular flexibility index (Phi) is 6.16. The summed E-state index contributed by atoms with van der Waals surface area (Å²) in [7, 11) is 0. The molecule has 0 radical (unpaired) electrons. The highest BCUT2D eigenvalue weighted by Crippen LogP contribution is 2.32. The van der Waals surface area contributed by atoms with Crippen LogP contribution in [0.5, 0.6) is 0 Å². The van der Waals surface area contributed by atoms with Gasteiger partial charge in [-0.2, -0.15) is 14.0 Å². The molecule has 0 atom stereocenters. The Labute approximate surface area is 170 Å². The van der Waals surface area contributed by atoms with Gasteiger partial charge in [0.1, 0.15) is 11.6 Å². The van der Waals surface area contributed by atoms with Gasteiger partial charge in [0.25, 0.3) is 17.4 Å². The van der Waals surface area contributed by atoms with Crippen LogP contribution >= 0.6 is 23.1 Å². The van der Waals surface area contributed by atoms with Crippen LogP contribution in [0, 0.1) is 21.4 Å². The number of halogens is 2. The number of carbonyl (C=O) groups excluding carboxylic acids is 1. The number of thiazole rings is 1. The van der Waals surface area contributed by atoms with E-state index < -0.39 is 16.6 Å². The van der Waals surface area contributed by atoms with Crippen LogP contribution in [0.1, 0.15) is 5.56 Å². The second-order valence-corrected chi connectivity index (χ2v) is 7.60. The minimum Gasteiger partial charge on any atom is -0.297 e. The number of thioether (sulfide) groups is 1. The molecule has 0 spiro atoms. The second kappa shape index (κ2) is 8.76. The van der Waals surface area contributed by atoms with Crippen molar-refractivity contribution in [2.75, 3.05) is 5.32 Å². The minimum absolute atomic E-state index is 0.167. The minimum atomic E-state index is -2.54. The van der Waals surface area contributed by atoms with Crippen LogP contribution in [0.25, 0.3) is 16.3 Å². The Balaban J connectivity index is 1.81. The zero-order valence-electron chi connectivity index (χ0n) is 14.3. The van der Waals surface area contributed by atoms with Crippen molar-refractivity contribution in [3.63, 3.8) is 0 Å². The van der Waals surface area contributed by atoms with Crippen LogP contribution < -0.4 is 5.32 Å². The highest BCUT2D eigenvalue weighted by molar-refractivity contribution is 7.99.